The molecule has 2 aromatic carbocycles. The van der Waals surface area contributed by atoms with Crippen molar-refractivity contribution in [1.82, 2.24) is 39.7 Å². The molecular weight excluding hydrogens is 650 g/mol. The minimum absolute atomic E-state index is 0.0381. The van der Waals surface area contributed by atoms with E-state index < -0.39 is 5.60 Å². The molecule has 2 aliphatic heterocycles. The van der Waals surface area contributed by atoms with Gasteiger partial charge in [-0.15, -0.1) is 0 Å². The minimum Gasteiger partial charge on any atom is -0.475 e. The molecule has 7 rings (SSSR count). The molecule has 0 spiro atoms. The molecular formula is C37H41N9O5. The summed E-state index contributed by atoms with van der Waals surface area (Å²) in [5.74, 6) is 0.983. The highest BCUT2D eigenvalue weighted by Crippen LogP contribution is 2.31. The van der Waals surface area contributed by atoms with Crippen LogP contribution in [0.5, 0.6) is 5.88 Å². The molecule has 264 valence electrons. The number of ether oxygens (including phenoxy) is 3. The smallest absolute Gasteiger partial charge is 0.258 e. The molecule has 0 bridgehead atoms. The fourth-order valence-corrected chi connectivity index (χ4v) is 6.58. The number of aryl methyl sites for hydroxylation is 1. The van der Waals surface area contributed by atoms with Crippen LogP contribution in [0.2, 0.25) is 0 Å². The fraction of sp³-hybridized carbons (Fsp3) is 0.351. The lowest BCUT2D eigenvalue weighted by atomic mass is 9.98. The van der Waals surface area contributed by atoms with Gasteiger partial charge in [-0.05, 0) is 48.2 Å². The number of nitrogens with one attached hydrogen (secondary N) is 2. The summed E-state index contributed by atoms with van der Waals surface area (Å²) in [5, 5.41) is 15.8. The maximum absolute atomic E-state index is 13.7. The molecule has 2 amide bonds. The summed E-state index contributed by atoms with van der Waals surface area (Å²) in [6.45, 7) is 3.18. The van der Waals surface area contributed by atoms with E-state index >= 15 is 0 Å². The number of anilines is 1. The number of hydrogen-bond donors (Lipinski definition) is 2. The summed E-state index contributed by atoms with van der Waals surface area (Å²) in [7, 11) is 5.02. The van der Waals surface area contributed by atoms with Crippen LogP contribution in [0, 0.1) is 0 Å². The van der Waals surface area contributed by atoms with Gasteiger partial charge in [-0.1, -0.05) is 30.3 Å². The third-order valence-corrected chi connectivity index (χ3v) is 9.52. The Morgan fingerprint density at radius 3 is 2.51 bits per heavy atom. The molecule has 1 atom stereocenters. The maximum Gasteiger partial charge on any atom is 0.258 e. The van der Waals surface area contributed by atoms with Crippen LogP contribution in [0.1, 0.15) is 18.4 Å². The zero-order valence-corrected chi connectivity index (χ0v) is 29.0. The van der Waals surface area contributed by atoms with E-state index in [9.17, 15) is 9.59 Å². The third kappa shape index (κ3) is 7.38. The largest absolute Gasteiger partial charge is 0.475 e. The van der Waals surface area contributed by atoms with Gasteiger partial charge in [0.05, 0.1) is 18.7 Å². The Labute approximate surface area is 295 Å². The lowest BCUT2D eigenvalue weighted by Crippen LogP contribution is -2.48. The van der Waals surface area contributed by atoms with Crippen LogP contribution >= 0.6 is 0 Å². The van der Waals surface area contributed by atoms with Crippen LogP contribution in [0.4, 0.5) is 5.69 Å². The standard InChI is InChI=1S/C37H41N9O5/c1-44-24-39-35(43-44)27-6-4-25(5-7-27)26-12-15-46(16-13-26)33(47)22-45-17-14-37(23-45,50-3)36(48)40-29-9-10-31-30(20-29)34(42-41-31)28-8-11-32(38-21-28)51-19-18-49-2/h4-12,20-21,24H,13-19,22-23H2,1-3H3,(H,40,48)(H,41,42)/t37-/m0/s1. The van der Waals surface area contributed by atoms with E-state index in [-0.39, 0.29) is 18.4 Å². The third-order valence-electron chi connectivity index (χ3n) is 9.52. The number of rotatable bonds is 12. The van der Waals surface area contributed by atoms with Gasteiger partial charge in [0.25, 0.3) is 5.91 Å². The van der Waals surface area contributed by atoms with E-state index in [4.69, 9.17) is 14.2 Å². The number of hydrogen-bond acceptors (Lipinski definition) is 10. The Morgan fingerprint density at radius 2 is 1.80 bits per heavy atom. The van der Waals surface area contributed by atoms with Gasteiger partial charge in [0, 0.05) is 81.9 Å². The van der Waals surface area contributed by atoms with Crippen LogP contribution in [0.15, 0.2) is 73.2 Å². The predicted octanol–water partition coefficient (Wildman–Crippen LogP) is 3.79. The van der Waals surface area contributed by atoms with Gasteiger partial charge in [-0.2, -0.15) is 10.2 Å². The predicted molar refractivity (Wildman–Crippen MR) is 192 cm³/mol. The summed E-state index contributed by atoms with van der Waals surface area (Å²) in [6.07, 6.45) is 6.76. The number of aromatic amines is 1. The Balaban J connectivity index is 0.946. The highest BCUT2D eigenvalue weighted by molar-refractivity contribution is 6.01. The first-order chi connectivity index (χ1) is 24.8. The maximum atomic E-state index is 13.7. The highest BCUT2D eigenvalue weighted by atomic mass is 16.5. The lowest BCUT2D eigenvalue weighted by Gasteiger charge is -2.30. The van der Waals surface area contributed by atoms with Crippen LogP contribution in [-0.4, -0.2) is 117 Å². The Hall–Kier alpha value is -5.44. The van der Waals surface area contributed by atoms with Crippen molar-refractivity contribution >= 4 is 34.0 Å². The zero-order chi connectivity index (χ0) is 35.4. The highest BCUT2D eigenvalue weighted by Gasteiger charge is 2.45. The Morgan fingerprint density at radius 1 is 0.980 bits per heavy atom. The van der Waals surface area contributed by atoms with Gasteiger partial charge in [0.2, 0.25) is 11.8 Å². The fourth-order valence-electron chi connectivity index (χ4n) is 6.58. The van der Waals surface area contributed by atoms with Crippen LogP contribution < -0.4 is 10.1 Å². The summed E-state index contributed by atoms with van der Waals surface area (Å²) in [6, 6.07) is 17.5. The molecule has 0 saturated carbocycles. The lowest BCUT2D eigenvalue weighted by molar-refractivity contribution is -0.138. The number of likely N-dealkylation sites (tertiary alicyclic amines) is 1. The van der Waals surface area contributed by atoms with Crippen molar-refractivity contribution in [2.24, 2.45) is 7.05 Å². The molecule has 2 N–H and O–H groups in total. The number of benzene rings is 2. The summed E-state index contributed by atoms with van der Waals surface area (Å²) < 4.78 is 18.1. The number of carbonyl (C=O) groups excluding carboxylic acids is 2. The SMILES string of the molecule is COCCOc1ccc(-c2n[nH]c3ccc(NC(=O)[C@]4(OC)CCN(CC(=O)N5CC=C(c6ccc(-c7ncn(C)n7)cc6)CC5)C4)cc23)cn1. The molecule has 1 saturated heterocycles. The molecule has 0 unspecified atom stereocenters. The molecule has 0 aliphatic carbocycles. The van der Waals surface area contributed by atoms with Crippen LogP contribution in [0.3, 0.4) is 0 Å². The van der Waals surface area contributed by atoms with Gasteiger partial charge in [0.15, 0.2) is 11.4 Å². The van der Waals surface area contributed by atoms with E-state index in [0.717, 1.165) is 34.0 Å². The zero-order valence-electron chi connectivity index (χ0n) is 29.0. The molecule has 0 radical (unpaired) electrons. The quantitative estimate of drug-likeness (QED) is 0.185. The summed E-state index contributed by atoms with van der Waals surface area (Å²) in [4.78, 5) is 39.7. The topological polar surface area (TPSA) is 153 Å². The summed E-state index contributed by atoms with van der Waals surface area (Å²) >= 11 is 0. The van der Waals surface area contributed by atoms with Crippen molar-refractivity contribution in [2.75, 3.05) is 65.5 Å². The van der Waals surface area contributed by atoms with E-state index in [2.05, 4.69) is 48.8 Å². The van der Waals surface area contributed by atoms with Gasteiger partial charge >= 0.3 is 0 Å². The first kappa shape index (κ1) is 34.0. The van der Waals surface area contributed by atoms with Crippen LogP contribution in [0.25, 0.3) is 39.1 Å². The molecule has 3 aromatic heterocycles. The first-order valence-corrected chi connectivity index (χ1v) is 16.9. The van der Waals surface area contributed by atoms with Crippen molar-refractivity contribution < 1.29 is 23.8 Å². The average Bonchev–Trinajstić information content (AvgIpc) is 3.91. The second-order valence-electron chi connectivity index (χ2n) is 12.8. The summed E-state index contributed by atoms with van der Waals surface area (Å²) in [5.41, 5.74) is 5.20. The number of pyridine rings is 1. The van der Waals surface area contributed by atoms with Crippen molar-refractivity contribution in [3.8, 4) is 28.5 Å². The number of nitrogens with zero attached hydrogens (tertiary/aromatic N) is 7. The van der Waals surface area contributed by atoms with Crippen molar-refractivity contribution in [3.63, 3.8) is 0 Å². The second-order valence-corrected chi connectivity index (χ2v) is 12.8. The van der Waals surface area contributed by atoms with Crippen molar-refractivity contribution in [3.05, 3.63) is 78.8 Å². The van der Waals surface area contributed by atoms with Crippen LogP contribution in [-0.2, 0) is 26.1 Å². The number of aromatic nitrogens is 6. The Bertz CT molecular complexity index is 2040. The van der Waals surface area contributed by atoms with E-state index in [1.54, 1.807) is 37.5 Å². The van der Waals surface area contributed by atoms with Gasteiger partial charge < -0.3 is 24.4 Å². The van der Waals surface area contributed by atoms with Crippen molar-refractivity contribution in [2.45, 2.75) is 18.4 Å². The van der Waals surface area contributed by atoms with E-state index in [1.807, 2.05) is 53.2 Å². The van der Waals surface area contributed by atoms with Gasteiger partial charge in [0.1, 0.15) is 18.6 Å². The molecule has 5 heterocycles. The number of fused-ring (bicyclic) bond motifs is 1. The van der Waals surface area contributed by atoms with Crippen molar-refractivity contribution in [1.29, 1.82) is 0 Å². The monoisotopic (exact) mass is 691 g/mol. The van der Waals surface area contributed by atoms with Gasteiger partial charge in [-0.3, -0.25) is 24.3 Å². The molecule has 1 fully saturated rings. The molecule has 2 aliphatic rings. The number of carbonyl (C=O) groups is 2. The molecule has 14 nitrogen and oxygen atoms in total. The molecule has 14 heteroatoms. The number of methoxy groups -OCH3 is 2. The number of amides is 2. The molecule has 5 aromatic rings. The minimum atomic E-state index is -1.08. The normalized spacial score (nSPS) is 17.9. The first-order valence-electron chi connectivity index (χ1n) is 16.9. The number of H-pyrrole nitrogens is 1. The second kappa shape index (κ2) is 14.8. The molecule has 51 heavy (non-hydrogen) atoms. The van der Waals surface area contributed by atoms with E-state index in [0.29, 0.717) is 68.9 Å². The Kier molecular flexibility index (Phi) is 9.88. The average molecular weight is 692 g/mol. The van der Waals surface area contributed by atoms with E-state index in [1.165, 1.54) is 5.57 Å². The van der Waals surface area contributed by atoms with Gasteiger partial charge in [-0.25, -0.2) is 9.97 Å².